The van der Waals surface area contributed by atoms with Gasteiger partial charge in [-0.2, -0.15) is 0 Å². The molecule has 0 radical (unpaired) electrons. The number of rotatable bonds is 42. The lowest BCUT2D eigenvalue weighted by atomic mass is 9.99. The molecule has 1 rings (SSSR count). The highest BCUT2D eigenvalue weighted by Crippen LogP contribution is 2.23. The van der Waals surface area contributed by atoms with E-state index in [4.69, 9.17) is 9.47 Å². The van der Waals surface area contributed by atoms with E-state index in [1.54, 1.807) is 6.08 Å². The Morgan fingerprint density at radius 3 is 1.40 bits per heavy atom. The molecular formula is C51H95NO8. The van der Waals surface area contributed by atoms with Gasteiger partial charge in [0.1, 0.15) is 24.4 Å². The molecule has 60 heavy (non-hydrogen) atoms. The fraction of sp³-hybridized carbons (Fsp3) is 0.863. The highest BCUT2D eigenvalue weighted by Gasteiger charge is 2.44. The molecule has 9 heteroatoms. The summed E-state index contributed by atoms with van der Waals surface area (Å²) in [7, 11) is 0. The summed E-state index contributed by atoms with van der Waals surface area (Å²) in [6.45, 7) is 3.74. The quantitative estimate of drug-likeness (QED) is 0.0263. The topological polar surface area (TPSA) is 149 Å². The van der Waals surface area contributed by atoms with Gasteiger partial charge < -0.3 is 40.3 Å². The summed E-state index contributed by atoms with van der Waals surface area (Å²) >= 11 is 0. The van der Waals surface area contributed by atoms with Crippen LogP contribution in [-0.2, 0) is 14.3 Å². The zero-order chi connectivity index (χ0) is 43.7. The van der Waals surface area contributed by atoms with Crippen LogP contribution in [0.3, 0.4) is 0 Å². The Labute approximate surface area is 368 Å². The fourth-order valence-electron chi connectivity index (χ4n) is 7.89. The number of hydrogen-bond donors (Lipinski definition) is 6. The van der Waals surface area contributed by atoms with Gasteiger partial charge >= 0.3 is 0 Å². The molecule has 1 heterocycles. The van der Waals surface area contributed by atoms with Gasteiger partial charge in [0.05, 0.1) is 25.4 Å². The lowest BCUT2D eigenvalue weighted by Crippen LogP contribution is -2.60. The van der Waals surface area contributed by atoms with E-state index in [0.29, 0.717) is 6.42 Å². The number of aliphatic hydroxyl groups excluding tert-OH is 5. The molecule has 1 saturated heterocycles. The Hall–Kier alpha value is -1.59. The van der Waals surface area contributed by atoms with E-state index >= 15 is 0 Å². The zero-order valence-electron chi connectivity index (χ0n) is 38.7. The molecule has 0 aromatic rings. The largest absolute Gasteiger partial charge is 0.394 e. The van der Waals surface area contributed by atoms with Crippen molar-refractivity contribution in [3.63, 3.8) is 0 Å². The van der Waals surface area contributed by atoms with Crippen molar-refractivity contribution in [2.75, 3.05) is 13.2 Å². The summed E-state index contributed by atoms with van der Waals surface area (Å²) in [4.78, 5) is 12.9. The van der Waals surface area contributed by atoms with Gasteiger partial charge in [-0.1, -0.05) is 211 Å². The summed E-state index contributed by atoms with van der Waals surface area (Å²) in [6.07, 6.45) is 45.1. The summed E-state index contributed by atoms with van der Waals surface area (Å²) in [5, 5.41) is 54.1. The molecule has 0 aliphatic carbocycles. The first-order valence-electron chi connectivity index (χ1n) is 25.2. The van der Waals surface area contributed by atoms with Crippen LogP contribution in [0.4, 0.5) is 0 Å². The Morgan fingerprint density at radius 2 is 0.950 bits per heavy atom. The molecule has 6 N–H and O–H groups in total. The third-order valence-electron chi connectivity index (χ3n) is 11.9. The molecule has 0 saturated carbocycles. The number of carbonyl (C=O) groups is 1. The highest BCUT2D eigenvalue weighted by molar-refractivity contribution is 5.76. The average molecular weight is 850 g/mol. The first kappa shape index (κ1) is 56.4. The zero-order valence-corrected chi connectivity index (χ0v) is 38.7. The molecule has 0 spiro atoms. The Kier molecular flexibility index (Phi) is 39.0. The van der Waals surface area contributed by atoms with Crippen molar-refractivity contribution in [2.45, 2.75) is 269 Å². The SMILES string of the molecule is CCCCCCCCCCCCCCCCCCC/C=C/CC/C=C/CC/C=C/C(O)C(COC1OC(CO)C(O)C(O)C1O)NC(=O)CCCCCCCCCCCC. The number of ether oxygens (including phenoxy) is 2. The monoisotopic (exact) mass is 850 g/mol. The Bertz CT molecular complexity index is 1030. The molecule has 7 unspecified atom stereocenters. The third-order valence-corrected chi connectivity index (χ3v) is 11.9. The second-order valence-electron chi connectivity index (χ2n) is 17.6. The van der Waals surface area contributed by atoms with Crippen molar-refractivity contribution >= 4 is 5.91 Å². The number of unbranched alkanes of at least 4 members (excludes halogenated alkanes) is 28. The maximum absolute atomic E-state index is 12.9. The van der Waals surface area contributed by atoms with E-state index in [9.17, 15) is 30.3 Å². The van der Waals surface area contributed by atoms with Gasteiger partial charge in [-0.25, -0.2) is 0 Å². The summed E-state index contributed by atoms with van der Waals surface area (Å²) in [5.41, 5.74) is 0. The number of allylic oxidation sites excluding steroid dienone is 5. The van der Waals surface area contributed by atoms with Crippen LogP contribution in [0.2, 0.25) is 0 Å². The molecule has 1 aliphatic heterocycles. The van der Waals surface area contributed by atoms with Crippen molar-refractivity contribution < 1.29 is 39.8 Å². The van der Waals surface area contributed by atoms with Crippen molar-refractivity contribution in [3.05, 3.63) is 36.5 Å². The maximum Gasteiger partial charge on any atom is 0.220 e. The molecule has 0 bridgehead atoms. The van der Waals surface area contributed by atoms with Crippen LogP contribution in [0.1, 0.15) is 226 Å². The molecule has 0 aromatic heterocycles. The Balaban J connectivity index is 2.26. The van der Waals surface area contributed by atoms with Crippen molar-refractivity contribution in [1.29, 1.82) is 0 Å². The van der Waals surface area contributed by atoms with Crippen LogP contribution in [0.25, 0.3) is 0 Å². The third kappa shape index (κ3) is 31.3. The van der Waals surface area contributed by atoms with Crippen molar-refractivity contribution in [1.82, 2.24) is 5.32 Å². The Morgan fingerprint density at radius 1 is 0.550 bits per heavy atom. The lowest BCUT2D eigenvalue weighted by molar-refractivity contribution is -0.302. The van der Waals surface area contributed by atoms with Crippen LogP contribution < -0.4 is 5.32 Å². The van der Waals surface area contributed by atoms with Gasteiger partial charge in [0.15, 0.2) is 6.29 Å². The normalized spacial score (nSPS) is 20.8. The van der Waals surface area contributed by atoms with E-state index < -0.39 is 49.5 Å². The molecule has 1 aliphatic rings. The average Bonchev–Trinajstić information content (AvgIpc) is 3.25. The van der Waals surface area contributed by atoms with Crippen molar-refractivity contribution in [3.8, 4) is 0 Å². The predicted octanol–water partition coefficient (Wildman–Crippen LogP) is 11.2. The van der Waals surface area contributed by atoms with Crippen LogP contribution in [0.15, 0.2) is 36.5 Å². The summed E-state index contributed by atoms with van der Waals surface area (Å²) in [5.74, 6) is -0.193. The fourth-order valence-corrected chi connectivity index (χ4v) is 7.89. The van der Waals surface area contributed by atoms with E-state index in [1.807, 2.05) is 6.08 Å². The molecule has 9 nitrogen and oxygen atoms in total. The first-order chi connectivity index (χ1) is 29.3. The molecule has 1 amide bonds. The van der Waals surface area contributed by atoms with E-state index in [-0.39, 0.29) is 12.5 Å². The smallest absolute Gasteiger partial charge is 0.220 e. The van der Waals surface area contributed by atoms with Crippen LogP contribution in [-0.4, -0.2) is 87.5 Å². The van der Waals surface area contributed by atoms with Gasteiger partial charge in [-0.15, -0.1) is 0 Å². The summed E-state index contributed by atoms with van der Waals surface area (Å²) in [6, 6.07) is -0.823. The minimum absolute atomic E-state index is 0.193. The van der Waals surface area contributed by atoms with E-state index in [0.717, 1.165) is 44.9 Å². The number of carbonyl (C=O) groups excluding carboxylic acids is 1. The van der Waals surface area contributed by atoms with Gasteiger partial charge in [-0.3, -0.25) is 4.79 Å². The molecular weight excluding hydrogens is 755 g/mol. The standard InChI is InChI=1S/C51H95NO8/c1-3-5-7-9-11-13-15-16-17-18-19-20-21-22-23-24-25-26-27-28-29-30-31-32-34-36-38-40-45(54)44(43-59-51-50(58)49(57)48(56)46(42-53)60-51)52-47(55)41-39-37-35-33-14-12-10-8-6-4-2/h27-28,31-32,38,40,44-46,48-51,53-54,56-58H,3-26,29-30,33-37,39,41-43H2,1-2H3,(H,52,55)/b28-27+,32-31+,40-38+. The number of hydrogen-bond acceptors (Lipinski definition) is 8. The minimum Gasteiger partial charge on any atom is -0.394 e. The maximum atomic E-state index is 12.9. The number of nitrogens with one attached hydrogen (secondary N) is 1. The van der Waals surface area contributed by atoms with E-state index in [1.165, 1.54) is 161 Å². The van der Waals surface area contributed by atoms with E-state index in [2.05, 4.69) is 43.5 Å². The minimum atomic E-state index is -1.57. The lowest BCUT2D eigenvalue weighted by Gasteiger charge is -2.40. The number of aliphatic hydroxyl groups is 5. The molecule has 1 fully saturated rings. The summed E-state index contributed by atoms with van der Waals surface area (Å²) < 4.78 is 11.2. The van der Waals surface area contributed by atoms with Gasteiger partial charge in [0.2, 0.25) is 5.91 Å². The second-order valence-corrected chi connectivity index (χ2v) is 17.6. The van der Waals surface area contributed by atoms with Gasteiger partial charge in [0, 0.05) is 6.42 Å². The van der Waals surface area contributed by atoms with Crippen LogP contribution in [0, 0.1) is 0 Å². The molecule has 352 valence electrons. The van der Waals surface area contributed by atoms with Gasteiger partial charge in [0.25, 0.3) is 0 Å². The van der Waals surface area contributed by atoms with Gasteiger partial charge in [-0.05, 0) is 44.9 Å². The van der Waals surface area contributed by atoms with Crippen molar-refractivity contribution in [2.24, 2.45) is 0 Å². The van der Waals surface area contributed by atoms with Crippen LogP contribution >= 0.6 is 0 Å². The van der Waals surface area contributed by atoms with Crippen LogP contribution in [0.5, 0.6) is 0 Å². The first-order valence-corrected chi connectivity index (χ1v) is 25.2. The second kappa shape index (κ2) is 41.4. The highest BCUT2D eigenvalue weighted by atomic mass is 16.7. The predicted molar refractivity (Wildman–Crippen MR) is 249 cm³/mol. The number of amides is 1. The molecule has 7 atom stereocenters. The molecule has 0 aromatic carbocycles.